The topological polar surface area (TPSA) is 104 Å². The highest BCUT2D eigenvalue weighted by atomic mass is 16.7. The van der Waals surface area contributed by atoms with Gasteiger partial charge in [0.15, 0.2) is 23.0 Å². The molecule has 0 amide bonds. The van der Waals surface area contributed by atoms with Crippen LogP contribution in [0.2, 0.25) is 0 Å². The summed E-state index contributed by atoms with van der Waals surface area (Å²) in [6.45, 7) is 0.246. The normalized spacial score (nSPS) is 26.5. The van der Waals surface area contributed by atoms with E-state index in [0.29, 0.717) is 22.6 Å². The molecule has 4 atom stereocenters. The predicted molar refractivity (Wildman–Crippen MR) is 98.5 cm³/mol. The maximum Gasteiger partial charge on any atom is 0.310 e. The zero-order valence-electron chi connectivity index (χ0n) is 15.9. The van der Waals surface area contributed by atoms with Gasteiger partial charge in [0, 0.05) is 11.8 Å². The highest BCUT2D eigenvalue weighted by molar-refractivity contribution is 5.79. The average Bonchev–Trinajstić information content (AvgIpc) is 3.34. The number of ether oxygens (including phenoxy) is 5. The number of methoxy groups -OCH3 is 2. The summed E-state index contributed by atoms with van der Waals surface area (Å²) in [6.07, 6.45) is -0.867. The van der Waals surface area contributed by atoms with E-state index in [1.807, 2.05) is 0 Å². The van der Waals surface area contributed by atoms with Crippen LogP contribution in [0.5, 0.6) is 28.7 Å². The molecule has 5 rings (SSSR count). The molecule has 2 aromatic rings. The third-order valence-corrected chi connectivity index (χ3v) is 6.01. The number of phenolic OH excluding ortho intramolecular Hbond substituents is 1. The molecule has 2 heterocycles. The van der Waals surface area contributed by atoms with Gasteiger partial charge < -0.3 is 33.9 Å². The summed E-state index contributed by atoms with van der Waals surface area (Å²) < 4.78 is 26.9. The molecular formula is C21H20O8. The lowest BCUT2D eigenvalue weighted by Crippen LogP contribution is -2.34. The van der Waals surface area contributed by atoms with Gasteiger partial charge in [0.25, 0.3) is 0 Å². The molecule has 1 aliphatic carbocycles. The maximum absolute atomic E-state index is 12.7. The summed E-state index contributed by atoms with van der Waals surface area (Å²) in [7, 11) is 2.89. The number of aliphatic hydroxyl groups excluding tert-OH is 1. The molecule has 0 spiro atoms. The number of fused-ring (bicyclic) bond motifs is 3. The van der Waals surface area contributed by atoms with Crippen LogP contribution in [0.25, 0.3) is 0 Å². The molecule has 2 unspecified atom stereocenters. The Kier molecular flexibility index (Phi) is 3.99. The minimum atomic E-state index is -0.867. The molecule has 0 aromatic heterocycles. The quantitative estimate of drug-likeness (QED) is 0.755. The fourth-order valence-electron chi connectivity index (χ4n) is 4.63. The van der Waals surface area contributed by atoms with E-state index in [-0.39, 0.29) is 36.6 Å². The number of hydrogen-bond acceptors (Lipinski definition) is 8. The summed E-state index contributed by atoms with van der Waals surface area (Å²) in [4.78, 5) is 12.7. The van der Waals surface area contributed by atoms with Crippen LogP contribution in [0, 0.1) is 11.8 Å². The number of aromatic hydroxyl groups is 1. The number of hydrogen-bond donors (Lipinski definition) is 2. The van der Waals surface area contributed by atoms with Gasteiger partial charge in [-0.2, -0.15) is 0 Å². The molecule has 0 saturated carbocycles. The lowest BCUT2D eigenvalue weighted by Gasteiger charge is -2.37. The fourth-order valence-corrected chi connectivity index (χ4v) is 4.63. The van der Waals surface area contributed by atoms with E-state index in [9.17, 15) is 15.0 Å². The Hall–Kier alpha value is -3.13. The van der Waals surface area contributed by atoms with E-state index in [4.69, 9.17) is 23.7 Å². The minimum absolute atomic E-state index is 0.106. The number of benzene rings is 2. The van der Waals surface area contributed by atoms with E-state index in [2.05, 4.69) is 0 Å². The molecule has 0 radical (unpaired) electrons. The Bertz CT molecular complexity index is 975. The summed E-state index contributed by atoms with van der Waals surface area (Å²) >= 11 is 0. The lowest BCUT2D eigenvalue weighted by molar-refractivity contribution is -0.141. The van der Waals surface area contributed by atoms with Crippen molar-refractivity contribution in [1.82, 2.24) is 0 Å². The van der Waals surface area contributed by atoms with E-state index >= 15 is 0 Å². The molecule has 1 fully saturated rings. The second kappa shape index (κ2) is 6.45. The van der Waals surface area contributed by atoms with E-state index < -0.39 is 23.9 Å². The van der Waals surface area contributed by atoms with Gasteiger partial charge in [0.2, 0.25) is 12.5 Å². The first-order chi connectivity index (χ1) is 14.0. The van der Waals surface area contributed by atoms with Crippen LogP contribution < -0.4 is 18.9 Å². The van der Waals surface area contributed by atoms with E-state index in [1.165, 1.54) is 14.2 Å². The standard InChI is InChI=1S/C21H20O8/c1-25-15-3-9(4-16(26-2)20(15)23)17-10-5-13-14(29-8-28-13)6-11(10)19(22)12-7-27-21(24)18(12)17/h3-6,12,17-19,22-23H,7-8H2,1-2H3/t12-,17+,18?,19?/m0/s1. The summed E-state index contributed by atoms with van der Waals surface area (Å²) in [5.74, 6) is -0.324. The van der Waals surface area contributed by atoms with Crippen LogP contribution in [-0.4, -0.2) is 43.8 Å². The number of rotatable bonds is 3. The van der Waals surface area contributed by atoms with Crippen LogP contribution in [0.4, 0.5) is 0 Å². The van der Waals surface area contributed by atoms with E-state index in [1.54, 1.807) is 24.3 Å². The third kappa shape index (κ3) is 2.52. The van der Waals surface area contributed by atoms with Crippen LogP contribution in [0.3, 0.4) is 0 Å². The molecule has 152 valence electrons. The first kappa shape index (κ1) is 17.9. The molecular weight excluding hydrogens is 380 g/mol. The van der Waals surface area contributed by atoms with Gasteiger partial charge in [-0.3, -0.25) is 4.79 Å². The van der Waals surface area contributed by atoms with Crippen molar-refractivity contribution in [2.24, 2.45) is 11.8 Å². The van der Waals surface area contributed by atoms with Gasteiger partial charge >= 0.3 is 5.97 Å². The van der Waals surface area contributed by atoms with Crippen molar-refractivity contribution in [3.8, 4) is 28.7 Å². The molecule has 2 aliphatic heterocycles. The highest BCUT2D eigenvalue weighted by Gasteiger charge is 2.52. The highest BCUT2D eigenvalue weighted by Crippen LogP contribution is 2.55. The number of aliphatic hydroxyl groups is 1. The summed E-state index contributed by atoms with van der Waals surface area (Å²) in [5.41, 5.74) is 2.12. The lowest BCUT2D eigenvalue weighted by atomic mass is 9.66. The third-order valence-electron chi connectivity index (χ3n) is 6.01. The van der Waals surface area contributed by atoms with Crippen molar-refractivity contribution in [3.63, 3.8) is 0 Å². The molecule has 0 bridgehead atoms. The number of carbonyl (C=O) groups excluding carboxylic acids is 1. The van der Waals surface area contributed by atoms with Gasteiger partial charge in [-0.05, 0) is 41.0 Å². The predicted octanol–water partition coefficient (Wildman–Crippen LogP) is 2.11. The Labute approximate surface area is 166 Å². The SMILES string of the molecule is COc1cc([C@@H]2c3cc4c(cc3C(O)[C@H]3COC(=O)C23)OCO4)cc(OC)c1O. The summed E-state index contributed by atoms with van der Waals surface area (Å²) in [6, 6.07) is 6.93. The van der Waals surface area contributed by atoms with Crippen LogP contribution >= 0.6 is 0 Å². The van der Waals surface area contributed by atoms with E-state index in [0.717, 1.165) is 5.56 Å². The smallest absolute Gasteiger partial charge is 0.310 e. The number of esters is 1. The zero-order chi connectivity index (χ0) is 20.3. The number of phenols is 1. The first-order valence-corrected chi connectivity index (χ1v) is 9.26. The Morgan fingerprint density at radius 3 is 2.21 bits per heavy atom. The Morgan fingerprint density at radius 2 is 1.59 bits per heavy atom. The molecule has 8 heteroatoms. The Morgan fingerprint density at radius 1 is 0.966 bits per heavy atom. The number of cyclic esters (lactones) is 1. The van der Waals surface area contributed by atoms with Crippen LogP contribution in [-0.2, 0) is 9.53 Å². The second-order valence-corrected chi connectivity index (χ2v) is 7.35. The first-order valence-electron chi connectivity index (χ1n) is 9.26. The zero-order valence-corrected chi connectivity index (χ0v) is 15.9. The molecule has 3 aliphatic rings. The Balaban J connectivity index is 1.75. The van der Waals surface area contributed by atoms with Crippen molar-refractivity contribution < 1.29 is 38.7 Å². The van der Waals surface area contributed by atoms with Crippen LogP contribution in [0.1, 0.15) is 28.7 Å². The monoisotopic (exact) mass is 400 g/mol. The molecule has 29 heavy (non-hydrogen) atoms. The molecule has 2 N–H and O–H groups in total. The molecule has 8 nitrogen and oxygen atoms in total. The largest absolute Gasteiger partial charge is 0.502 e. The van der Waals surface area contributed by atoms with Gasteiger partial charge in [0.05, 0.1) is 32.8 Å². The molecule has 2 aromatic carbocycles. The second-order valence-electron chi connectivity index (χ2n) is 7.35. The van der Waals surface area contributed by atoms with Crippen LogP contribution in [0.15, 0.2) is 24.3 Å². The van der Waals surface area contributed by atoms with Gasteiger partial charge in [-0.25, -0.2) is 0 Å². The minimum Gasteiger partial charge on any atom is -0.502 e. The van der Waals surface area contributed by atoms with Gasteiger partial charge in [-0.15, -0.1) is 0 Å². The van der Waals surface area contributed by atoms with Gasteiger partial charge in [0.1, 0.15) is 0 Å². The van der Waals surface area contributed by atoms with Gasteiger partial charge in [-0.1, -0.05) is 0 Å². The van der Waals surface area contributed by atoms with Crippen molar-refractivity contribution in [3.05, 3.63) is 41.0 Å². The maximum atomic E-state index is 12.7. The number of carbonyl (C=O) groups is 1. The molecule has 1 saturated heterocycles. The van der Waals surface area contributed by atoms with Crippen molar-refractivity contribution in [2.75, 3.05) is 27.6 Å². The van der Waals surface area contributed by atoms with Crippen molar-refractivity contribution >= 4 is 5.97 Å². The van der Waals surface area contributed by atoms with Crippen molar-refractivity contribution in [1.29, 1.82) is 0 Å². The van der Waals surface area contributed by atoms with Crippen molar-refractivity contribution in [2.45, 2.75) is 12.0 Å². The average molecular weight is 400 g/mol. The summed E-state index contributed by atoms with van der Waals surface area (Å²) in [5, 5.41) is 21.3. The fraction of sp³-hybridized carbons (Fsp3) is 0.381.